The van der Waals surface area contributed by atoms with Crippen LogP contribution in [0.1, 0.15) is 10.4 Å². The van der Waals surface area contributed by atoms with Crippen molar-refractivity contribution >= 4 is 34.2 Å². The molecule has 0 fully saturated rings. The van der Waals surface area contributed by atoms with Crippen LogP contribution in [0.2, 0.25) is 0 Å². The second-order valence-electron chi connectivity index (χ2n) is 3.66. The maximum Gasteiger partial charge on any atom is 0.342 e. The Bertz CT molecular complexity index is 672. The van der Waals surface area contributed by atoms with Crippen LogP contribution in [0.4, 0.5) is 5.69 Å². The summed E-state index contributed by atoms with van der Waals surface area (Å²) in [6.45, 7) is 0. The monoisotopic (exact) mass is 386 g/mol. The standard InChI is InChI=1S/C12H7IN2O5/c13-7-1-3-8(4-2-7)20-11-5-9(12(16)17)10(6-14-11)15(18)19/h1-6H,(H,16,17). The number of carbonyl (C=O) groups is 1. The van der Waals surface area contributed by atoms with Crippen LogP contribution in [0.5, 0.6) is 11.6 Å². The van der Waals surface area contributed by atoms with E-state index in [0.717, 1.165) is 15.8 Å². The van der Waals surface area contributed by atoms with E-state index in [1.165, 1.54) is 0 Å². The number of nitrogens with zero attached hydrogens (tertiary/aromatic N) is 2. The highest BCUT2D eigenvalue weighted by Crippen LogP contribution is 2.25. The molecule has 20 heavy (non-hydrogen) atoms. The van der Waals surface area contributed by atoms with Crippen LogP contribution in [-0.2, 0) is 0 Å². The van der Waals surface area contributed by atoms with Gasteiger partial charge in [0.15, 0.2) is 0 Å². The van der Waals surface area contributed by atoms with Crippen molar-refractivity contribution in [2.45, 2.75) is 0 Å². The van der Waals surface area contributed by atoms with Crippen LogP contribution in [-0.4, -0.2) is 21.0 Å². The smallest absolute Gasteiger partial charge is 0.342 e. The van der Waals surface area contributed by atoms with Crippen molar-refractivity contribution in [2.75, 3.05) is 0 Å². The number of benzene rings is 1. The molecule has 0 aliphatic rings. The molecule has 102 valence electrons. The third-order valence-electron chi connectivity index (χ3n) is 2.32. The molecule has 2 rings (SSSR count). The fourth-order valence-corrected chi connectivity index (χ4v) is 1.78. The first-order valence-corrected chi connectivity index (χ1v) is 6.36. The molecule has 0 amide bonds. The molecule has 7 nitrogen and oxygen atoms in total. The number of carboxylic acids is 1. The van der Waals surface area contributed by atoms with Crippen molar-refractivity contribution in [3.05, 3.63) is 55.8 Å². The molecule has 0 atom stereocenters. The number of aromatic carboxylic acids is 1. The van der Waals surface area contributed by atoms with E-state index in [9.17, 15) is 14.9 Å². The molecule has 2 aromatic rings. The van der Waals surface area contributed by atoms with Gasteiger partial charge in [0, 0.05) is 9.64 Å². The highest BCUT2D eigenvalue weighted by atomic mass is 127. The molecule has 0 aliphatic carbocycles. The van der Waals surface area contributed by atoms with Gasteiger partial charge >= 0.3 is 11.7 Å². The Balaban J connectivity index is 2.34. The number of pyridine rings is 1. The SMILES string of the molecule is O=C(O)c1cc(Oc2ccc(I)cc2)ncc1[N+](=O)[O-]. The molecule has 0 saturated carbocycles. The molecular weight excluding hydrogens is 379 g/mol. The van der Waals surface area contributed by atoms with Crippen molar-refractivity contribution in [1.29, 1.82) is 0 Å². The highest BCUT2D eigenvalue weighted by molar-refractivity contribution is 14.1. The zero-order valence-electron chi connectivity index (χ0n) is 9.82. The highest BCUT2D eigenvalue weighted by Gasteiger charge is 2.21. The second kappa shape index (κ2) is 5.82. The van der Waals surface area contributed by atoms with Crippen LogP contribution in [0.3, 0.4) is 0 Å². The minimum absolute atomic E-state index is 0.0193. The first-order valence-electron chi connectivity index (χ1n) is 5.28. The van der Waals surface area contributed by atoms with E-state index in [1.54, 1.807) is 24.3 Å². The molecule has 0 spiro atoms. The van der Waals surface area contributed by atoms with Gasteiger partial charge in [-0.3, -0.25) is 10.1 Å². The number of ether oxygens (including phenoxy) is 1. The van der Waals surface area contributed by atoms with Crippen molar-refractivity contribution in [1.82, 2.24) is 4.98 Å². The number of carboxylic acid groups (broad SMARTS) is 1. The molecule has 8 heteroatoms. The van der Waals surface area contributed by atoms with Gasteiger partial charge in [0.1, 0.15) is 17.5 Å². The summed E-state index contributed by atoms with van der Waals surface area (Å²) in [4.78, 5) is 24.6. The van der Waals surface area contributed by atoms with Gasteiger partial charge in [-0.25, -0.2) is 9.78 Å². The molecule has 0 radical (unpaired) electrons. The van der Waals surface area contributed by atoms with Gasteiger partial charge in [0.2, 0.25) is 5.88 Å². The molecule has 0 saturated heterocycles. The minimum atomic E-state index is -1.41. The predicted octanol–water partition coefficient (Wildman–Crippen LogP) is 3.08. The first-order chi connectivity index (χ1) is 9.47. The van der Waals surface area contributed by atoms with Gasteiger partial charge < -0.3 is 9.84 Å². The largest absolute Gasteiger partial charge is 0.477 e. The van der Waals surface area contributed by atoms with Gasteiger partial charge in [-0.2, -0.15) is 0 Å². The summed E-state index contributed by atoms with van der Waals surface area (Å²) in [6.07, 6.45) is 0.867. The molecule has 1 N–H and O–H groups in total. The lowest BCUT2D eigenvalue weighted by Gasteiger charge is -2.05. The van der Waals surface area contributed by atoms with Crippen LogP contribution in [0.25, 0.3) is 0 Å². The van der Waals surface area contributed by atoms with E-state index in [2.05, 4.69) is 27.6 Å². The Labute approximate surface area is 126 Å². The van der Waals surface area contributed by atoms with Crippen LogP contribution >= 0.6 is 22.6 Å². The Kier molecular flexibility index (Phi) is 4.13. The summed E-state index contributed by atoms with van der Waals surface area (Å²) >= 11 is 2.13. The molecule has 1 aromatic heterocycles. The lowest BCUT2D eigenvalue weighted by molar-refractivity contribution is -0.385. The summed E-state index contributed by atoms with van der Waals surface area (Å²) in [7, 11) is 0. The number of hydrogen-bond donors (Lipinski definition) is 1. The predicted molar refractivity (Wildman–Crippen MR) is 77.1 cm³/mol. The third-order valence-corrected chi connectivity index (χ3v) is 3.04. The van der Waals surface area contributed by atoms with Crippen molar-refractivity contribution in [3.63, 3.8) is 0 Å². The maximum absolute atomic E-state index is 11.0. The van der Waals surface area contributed by atoms with Crippen molar-refractivity contribution in [2.24, 2.45) is 0 Å². The lowest BCUT2D eigenvalue weighted by atomic mass is 10.2. The summed E-state index contributed by atoms with van der Waals surface area (Å²) in [5, 5.41) is 19.6. The van der Waals surface area contributed by atoms with E-state index in [0.29, 0.717) is 5.75 Å². The van der Waals surface area contributed by atoms with Crippen LogP contribution in [0.15, 0.2) is 36.5 Å². The zero-order chi connectivity index (χ0) is 14.7. The summed E-state index contributed by atoms with van der Waals surface area (Å²) < 4.78 is 6.37. The number of nitro groups is 1. The van der Waals surface area contributed by atoms with Crippen molar-refractivity contribution in [3.8, 4) is 11.6 Å². The number of hydrogen-bond acceptors (Lipinski definition) is 5. The van der Waals surface area contributed by atoms with E-state index in [1.807, 2.05) is 0 Å². The molecule has 1 aromatic carbocycles. The quantitative estimate of drug-likeness (QED) is 0.492. The number of aromatic nitrogens is 1. The van der Waals surface area contributed by atoms with E-state index < -0.39 is 22.1 Å². The Morgan fingerprint density at radius 2 is 2.00 bits per heavy atom. The average Bonchev–Trinajstić information content (AvgIpc) is 2.41. The topological polar surface area (TPSA) is 103 Å². The van der Waals surface area contributed by atoms with Gasteiger partial charge in [0.25, 0.3) is 0 Å². The Morgan fingerprint density at radius 3 is 2.55 bits per heavy atom. The van der Waals surface area contributed by atoms with Crippen molar-refractivity contribution < 1.29 is 19.6 Å². The first kappa shape index (κ1) is 14.2. The maximum atomic E-state index is 11.0. The number of rotatable bonds is 4. The Hall–Kier alpha value is -2.23. The molecule has 1 heterocycles. The fourth-order valence-electron chi connectivity index (χ4n) is 1.42. The summed E-state index contributed by atoms with van der Waals surface area (Å²) in [5.41, 5.74) is -1.04. The zero-order valence-corrected chi connectivity index (χ0v) is 12.0. The minimum Gasteiger partial charge on any atom is -0.477 e. The normalized spacial score (nSPS) is 10.1. The number of halogens is 1. The van der Waals surface area contributed by atoms with Gasteiger partial charge in [-0.1, -0.05) is 0 Å². The van der Waals surface area contributed by atoms with Gasteiger partial charge in [-0.05, 0) is 46.9 Å². The molecule has 0 bridgehead atoms. The molecule has 0 aliphatic heterocycles. The third kappa shape index (κ3) is 3.20. The fraction of sp³-hybridized carbons (Fsp3) is 0. The van der Waals surface area contributed by atoms with E-state index in [4.69, 9.17) is 9.84 Å². The summed E-state index contributed by atoms with van der Waals surface area (Å²) in [6, 6.07) is 8.01. The summed E-state index contributed by atoms with van der Waals surface area (Å²) in [5.74, 6) is -0.969. The van der Waals surface area contributed by atoms with Gasteiger partial charge in [0.05, 0.1) is 4.92 Å². The molecular formula is C12H7IN2O5. The lowest BCUT2D eigenvalue weighted by Crippen LogP contribution is -2.04. The second-order valence-corrected chi connectivity index (χ2v) is 4.90. The van der Waals surface area contributed by atoms with E-state index >= 15 is 0 Å². The van der Waals surface area contributed by atoms with Gasteiger partial charge in [-0.15, -0.1) is 0 Å². The van der Waals surface area contributed by atoms with Crippen LogP contribution in [0, 0.1) is 13.7 Å². The van der Waals surface area contributed by atoms with Crippen LogP contribution < -0.4 is 4.74 Å². The van der Waals surface area contributed by atoms with E-state index in [-0.39, 0.29) is 5.88 Å². The average molecular weight is 386 g/mol. The Morgan fingerprint density at radius 1 is 1.35 bits per heavy atom. The molecule has 0 unspecified atom stereocenters.